The van der Waals surface area contributed by atoms with Gasteiger partial charge in [-0.05, 0) is 0 Å². The maximum atomic E-state index is 11.1. The maximum Gasteiger partial charge on any atom is 0.262 e. The third-order valence-electron chi connectivity index (χ3n) is 1.70. The summed E-state index contributed by atoms with van der Waals surface area (Å²) >= 11 is 5.72. The van der Waals surface area contributed by atoms with E-state index in [2.05, 4.69) is 0 Å². The van der Waals surface area contributed by atoms with Crippen LogP contribution in [0.2, 0.25) is 5.02 Å². The third kappa shape index (κ3) is 2.68. The highest BCUT2D eigenvalue weighted by atomic mass is 35.7. The van der Waals surface area contributed by atoms with Gasteiger partial charge in [-0.15, -0.1) is 0 Å². The van der Waals surface area contributed by atoms with Crippen LogP contribution in [0, 0.1) is 0 Å². The Bertz CT molecular complexity index is 470. The number of halogens is 2. The molecule has 1 aromatic carbocycles. The van der Waals surface area contributed by atoms with E-state index in [1.54, 1.807) is 0 Å². The van der Waals surface area contributed by atoms with Crippen molar-refractivity contribution in [1.82, 2.24) is 0 Å². The molecule has 15 heavy (non-hydrogen) atoms. The van der Waals surface area contributed by atoms with E-state index in [4.69, 9.17) is 31.8 Å². The van der Waals surface area contributed by atoms with Gasteiger partial charge in [-0.1, -0.05) is 11.6 Å². The molecule has 0 aliphatic rings. The molecule has 1 rings (SSSR count). The fourth-order valence-electron chi connectivity index (χ4n) is 1.02. The summed E-state index contributed by atoms with van der Waals surface area (Å²) in [6, 6.07) is 2.54. The van der Waals surface area contributed by atoms with Gasteiger partial charge in [0, 0.05) is 22.8 Å². The summed E-state index contributed by atoms with van der Waals surface area (Å²) in [5, 5.41) is -0.0114. The van der Waals surface area contributed by atoms with Gasteiger partial charge in [-0.25, -0.2) is 8.42 Å². The fourth-order valence-corrected chi connectivity index (χ4v) is 2.52. The van der Waals surface area contributed by atoms with Gasteiger partial charge >= 0.3 is 0 Å². The Morgan fingerprint density at radius 3 is 2.00 bits per heavy atom. The van der Waals surface area contributed by atoms with Gasteiger partial charge in [0.05, 0.1) is 19.2 Å². The van der Waals surface area contributed by atoms with Crippen LogP contribution < -0.4 is 9.47 Å². The minimum Gasteiger partial charge on any atom is -0.493 e. The summed E-state index contributed by atoms with van der Waals surface area (Å²) in [5.41, 5.74) is 0. The number of rotatable bonds is 3. The lowest BCUT2D eigenvalue weighted by Gasteiger charge is -2.09. The van der Waals surface area contributed by atoms with E-state index in [9.17, 15) is 8.42 Å². The predicted octanol–water partition coefficient (Wildman–Crippen LogP) is 2.28. The lowest BCUT2D eigenvalue weighted by Crippen LogP contribution is -1.96. The fraction of sp³-hybridized carbons (Fsp3) is 0.250. The van der Waals surface area contributed by atoms with Crippen LogP contribution in [-0.2, 0) is 9.05 Å². The summed E-state index contributed by atoms with van der Waals surface area (Å²) in [6.07, 6.45) is 0. The Labute approximate surface area is 97.1 Å². The van der Waals surface area contributed by atoms with Crippen LogP contribution in [0.25, 0.3) is 0 Å². The highest BCUT2D eigenvalue weighted by Crippen LogP contribution is 2.36. The number of ether oxygens (including phenoxy) is 2. The summed E-state index contributed by atoms with van der Waals surface area (Å²) in [7, 11) is 4.10. The van der Waals surface area contributed by atoms with E-state index in [1.807, 2.05) is 0 Å². The summed E-state index contributed by atoms with van der Waals surface area (Å²) in [5.74, 6) is 0.590. The second-order valence-corrected chi connectivity index (χ2v) is 5.52. The van der Waals surface area contributed by atoms with E-state index >= 15 is 0 Å². The van der Waals surface area contributed by atoms with E-state index in [-0.39, 0.29) is 15.7 Å². The molecule has 84 valence electrons. The van der Waals surface area contributed by atoms with Crippen LogP contribution in [0.3, 0.4) is 0 Å². The molecule has 0 radical (unpaired) electrons. The summed E-state index contributed by atoms with van der Waals surface area (Å²) in [4.78, 5) is -0.205. The molecule has 0 aromatic heterocycles. The van der Waals surface area contributed by atoms with Gasteiger partial charge in [0.25, 0.3) is 9.05 Å². The van der Waals surface area contributed by atoms with E-state index in [1.165, 1.54) is 26.4 Å². The van der Waals surface area contributed by atoms with Gasteiger partial charge in [0.2, 0.25) is 0 Å². The van der Waals surface area contributed by atoms with Crippen molar-refractivity contribution in [2.45, 2.75) is 4.90 Å². The standard InChI is InChI=1S/C8H8Cl2O4S/c1-13-6-3-5(9)8(15(10,11)12)4-7(6)14-2/h3-4H,1-2H3. The number of benzene rings is 1. The number of hydrogen-bond acceptors (Lipinski definition) is 4. The van der Waals surface area contributed by atoms with Crippen molar-refractivity contribution < 1.29 is 17.9 Å². The molecule has 0 bridgehead atoms. The third-order valence-corrected chi connectivity index (χ3v) is 3.49. The average Bonchev–Trinajstić information content (AvgIpc) is 2.15. The van der Waals surface area contributed by atoms with Crippen molar-refractivity contribution in [3.05, 3.63) is 17.2 Å². The SMILES string of the molecule is COc1cc(Cl)c(S(=O)(=O)Cl)cc1OC. The van der Waals surface area contributed by atoms with Gasteiger partial charge < -0.3 is 9.47 Å². The van der Waals surface area contributed by atoms with Gasteiger partial charge in [-0.3, -0.25) is 0 Å². The first-order valence-corrected chi connectivity index (χ1v) is 6.45. The molecule has 0 saturated heterocycles. The molecule has 0 fully saturated rings. The quantitative estimate of drug-likeness (QED) is 0.791. The first-order valence-electron chi connectivity index (χ1n) is 3.76. The Balaban J connectivity index is 3.46. The minimum absolute atomic E-state index is 0.0114. The van der Waals surface area contributed by atoms with Crippen molar-refractivity contribution >= 4 is 31.3 Å². The highest BCUT2D eigenvalue weighted by Gasteiger charge is 2.18. The highest BCUT2D eigenvalue weighted by molar-refractivity contribution is 8.13. The second-order valence-electron chi connectivity index (χ2n) is 2.58. The smallest absolute Gasteiger partial charge is 0.262 e. The lowest BCUT2D eigenvalue weighted by molar-refractivity contribution is 0.354. The first-order chi connectivity index (χ1) is 6.90. The van der Waals surface area contributed by atoms with Crippen molar-refractivity contribution in [2.75, 3.05) is 14.2 Å². The van der Waals surface area contributed by atoms with Crippen LogP contribution in [-0.4, -0.2) is 22.6 Å². The minimum atomic E-state index is -3.89. The molecule has 1 aromatic rings. The first kappa shape index (κ1) is 12.4. The summed E-state index contributed by atoms with van der Waals surface area (Å²) in [6.45, 7) is 0. The Kier molecular flexibility index (Phi) is 3.70. The zero-order valence-corrected chi connectivity index (χ0v) is 10.3. The van der Waals surface area contributed by atoms with Crippen LogP contribution in [0.1, 0.15) is 0 Å². The molecule has 0 aliphatic carbocycles. The van der Waals surface area contributed by atoms with Gasteiger partial charge in [0.15, 0.2) is 11.5 Å². The number of methoxy groups -OCH3 is 2. The van der Waals surface area contributed by atoms with E-state index in [0.29, 0.717) is 5.75 Å². The molecule has 0 saturated carbocycles. The molecule has 7 heteroatoms. The van der Waals surface area contributed by atoms with Crippen LogP contribution in [0.15, 0.2) is 17.0 Å². The maximum absolute atomic E-state index is 11.1. The van der Waals surface area contributed by atoms with Crippen LogP contribution >= 0.6 is 22.3 Å². The summed E-state index contributed by atoms with van der Waals surface area (Å²) < 4.78 is 32.1. The van der Waals surface area contributed by atoms with Crippen LogP contribution in [0.4, 0.5) is 0 Å². The lowest BCUT2D eigenvalue weighted by atomic mass is 10.3. The normalized spacial score (nSPS) is 11.2. The zero-order chi connectivity index (χ0) is 11.6. The van der Waals surface area contributed by atoms with Gasteiger partial charge in [0.1, 0.15) is 4.90 Å². The van der Waals surface area contributed by atoms with Gasteiger partial charge in [-0.2, -0.15) is 0 Å². The van der Waals surface area contributed by atoms with Crippen molar-refractivity contribution in [3.8, 4) is 11.5 Å². The van der Waals surface area contributed by atoms with Crippen molar-refractivity contribution in [3.63, 3.8) is 0 Å². The molecule has 0 atom stereocenters. The zero-order valence-electron chi connectivity index (χ0n) is 7.95. The monoisotopic (exact) mass is 270 g/mol. The molecule has 0 spiro atoms. The molecule has 0 aliphatic heterocycles. The largest absolute Gasteiger partial charge is 0.493 e. The Hall–Kier alpha value is -0.650. The molecular formula is C8H8Cl2O4S. The second kappa shape index (κ2) is 4.47. The number of hydrogen-bond donors (Lipinski definition) is 0. The topological polar surface area (TPSA) is 52.6 Å². The predicted molar refractivity (Wildman–Crippen MR) is 57.6 cm³/mol. The van der Waals surface area contributed by atoms with E-state index in [0.717, 1.165) is 0 Å². The molecule has 0 N–H and O–H groups in total. The molecular weight excluding hydrogens is 263 g/mol. The molecule has 0 amide bonds. The molecule has 0 unspecified atom stereocenters. The molecule has 4 nitrogen and oxygen atoms in total. The Morgan fingerprint density at radius 2 is 1.60 bits per heavy atom. The van der Waals surface area contributed by atoms with E-state index < -0.39 is 9.05 Å². The van der Waals surface area contributed by atoms with Crippen molar-refractivity contribution in [2.24, 2.45) is 0 Å². The Morgan fingerprint density at radius 1 is 1.13 bits per heavy atom. The molecule has 0 heterocycles. The average molecular weight is 271 g/mol. The van der Waals surface area contributed by atoms with Crippen molar-refractivity contribution in [1.29, 1.82) is 0 Å². The van der Waals surface area contributed by atoms with Crippen LogP contribution in [0.5, 0.6) is 11.5 Å².